The fraction of sp³-hybridized carbons (Fsp3) is 0.526. The van der Waals surface area contributed by atoms with Gasteiger partial charge in [-0.2, -0.15) is 0 Å². The summed E-state index contributed by atoms with van der Waals surface area (Å²) in [6.07, 6.45) is 7.18. The SMILES string of the molecule is CC(=O)OC/C=C(\C)C[C@@H]1C=C(CC/C=C(\C)COC(C)=O)C(=O)O1. The van der Waals surface area contributed by atoms with E-state index >= 15 is 0 Å². The van der Waals surface area contributed by atoms with Gasteiger partial charge in [0.2, 0.25) is 0 Å². The van der Waals surface area contributed by atoms with Gasteiger partial charge in [-0.1, -0.05) is 11.6 Å². The van der Waals surface area contributed by atoms with Crippen molar-refractivity contribution >= 4 is 17.9 Å². The first kappa shape index (κ1) is 20.7. The Morgan fingerprint density at radius 2 is 1.76 bits per heavy atom. The maximum Gasteiger partial charge on any atom is 0.334 e. The van der Waals surface area contributed by atoms with Gasteiger partial charge in [-0.05, 0) is 44.4 Å². The zero-order valence-corrected chi connectivity index (χ0v) is 15.3. The molecule has 0 saturated heterocycles. The highest BCUT2D eigenvalue weighted by atomic mass is 16.5. The van der Waals surface area contributed by atoms with Crippen LogP contribution in [-0.2, 0) is 28.6 Å². The highest BCUT2D eigenvalue weighted by molar-refractivity contribution is 5.90. The first-order chi connectivity index (χ1) is 11.8. The van der Waals surface area contributed by atoms with Gasteiger partial charge in [0.05, 0.1) is 0 Å². The van der Waals surface area contributed by atoms with E-state index in [0.29, 0.717) is 24.8 Å². The summed E-state index contributed by atoms with van der Waals surface area (Å²) in [4.78, 5) is 33.4. The number of hydrogen-bond donors (Lipinski definition) is 0. The highest BCUT2D eigenvalue weighted by Gasteiger charge is 2.24. The van der Waals surface area contributed by atoms with Crippen molar-refractivity contribution in [3.63, 3.8) is 0 Å². The molecule has 0 aliphatic carbocycles. The Labute approximate surface area is 148 Å². The van der Waals surface area contributed by atoms with Crippen LogP contribution in [0.15, 0.2) is 34.9 Å². The lowest BCUT2D eigenvalue weighted by atomic mass is 10.1. The Bertz CT molecular complexity index is 597. The maximum absolute atomic E-state index is 11.9. The smallest absolute Gasteiger partial charge is 0.334 e. The normalized spacial score (nSPS) is 17.8. The zero-order chi connectivity index (χ0) is 18.8. The number of carbonyl (C=O) groups excluding carboxylic acids is 3. The van der Waals surface area contributed by atoms with Crippen LogP contribution < -0.4 is 0 Å². The molecule has 138 valence electrons. The average Bonchev–Trinajstić information content (AvgIpc) is 2.84. The van der Waals surface area contributed by atoms with Crippen LogP contribution in [0.2, 0.25) is 0 Å². The van der Waals surface area contributed by atoms with Crippen molar-refractivity contribution in [1.29, 1.82) is 0 Å². The van der Waals surface area contributed by atoms with Gasteiger partial charge in [0.15, 0.2) is 0 Å². The third kappa shape index (κ3) is 8.88. The minimum Gasteiger partial charge on any atom is -0.462 e. The summed E-state index contributed by atoms with van der Waals surface area (Å²) >= 11 is 0. The van der Waals surface area contributed by atoms with Crippen molar-refractivity contribution in [2.75, 3.05) is 13.2 Å². The van der Waals surface area contributed by atoms with E-state index in [1.165, 1.54) is 13.8 Å². The molecule has 1 atom stereocenters. The van der Waals surface area contributed by atoms with Crippen molar-refractivity contribution in [2.24, 2.45) is 0 Å². The number of ether oxygens (including phenoxy) is 3. The summed E-state index contributed by atoms with van der Waals surface area (Å²) in [6, 6.07) is 0. The van der Waals surface area contributed by atoms with Gasteiger partial charge < -0.3 is 14.2 Å². The fourth-order valence-corrected chi connectivity index (χ4v) is 2.28. The van der Waals surface area contributed by atoms with Crippen LogP contribution in [0, 0.1) is 0 Å². The average molecular weight is 350 g/mol. The van der Waals surface area contributed by atoms with Gasteiger partial charge >= 0.3 is 17.9 Å². The van der Waals surface area contributed by atoms with Crippen molar-refractivity contribution in [3.8, 4) is 0 Å². The maximum atomic E-state index is 11.9. The number of esters is 3. The van der Waals surface area contributed by atoms with Crippen LogP contribution >= 0.6 is 0 Å². The lowest BCUT2D eigenvalue weighted by molar-refractivity contribution is -0.140. The molecular formula is C19H26O6. The van der Waals surface area contributed by atoms with Crippen LogP contribution in [-0.4, -0.2) is 37.2 Å². The third-order valence-corrected chi connectivity index (χ3v) is 3.56. The van der Waals surface area contributed by atoms with E-state index in [1.54, 1.807) is 0 Å². The summed E-state index contributed by atoms with van der Waals surface area (Å²) in [5.74, 6) is -0.922. The molecule has 0 aromatic rings. The topological polar surface area (TPSA) is 78.9 Å². The fourth-order valence-electron chi connectivity index (χ4n) is 2.28. The van der Waals surface area contributed by atoms with Crippen LogP contribution in [0.5, 0.6) is 0 Å². The van der Waals surface area contributed by atoms with Crippen LogP contribution in [0.3, 0.4) is 0 Å². The van der Waals surface area contributed by atoms with E-state index < -0.39 is 0 Å². The molecule has 0 amide bonds. The van der Waals surface area contributed by atoms with E-state index in [9.17, 15) is 14.4 Å². The first-order valence-electron chi connectivity index (χ1n) is 8.27. The monoisotopic (exact) mass is 350 g/mol. The van der Waals surface area contributed by atoms with Gasteiger partial charge in [0, 0.05) is 25.8 Å². The van der Waals surface area contributed by atoms with E-state index in [0.717, 1.165) is 11.1 Å². The van der Waals surface area contributed by atoms with Crippen LogP contribution in [0.25, 0.3) is 0 Å². The predicted octanol–water partition coefficient (Wildman–Crippen LogP) is 3.03. The molecular weight excluding hydrogens is 324 g/mol. The highest BCUT2D eigenvalue weighted by Crippen LogP contribution is 2.23. The minimum atomic E-state index is -0.324. The lowest BCUT2D eigenvalue weighted by Crippen LogP contribution is -2.09. The van der Waals surface area contributed by atoms with Crippen molar-refractivity contribution in [1.82, 2.24) is 0 Å². The van der Waals surface area contributed by atoms with E-state index in [1.807, 2.05) is 32.1 Å². The summed E-state index contributed by atoms with van der Waals surface area (Å²) < 4.78 is 15.1. The van der Waals surface area contributed by atoms with Crippen molar-refractivity contribution in [2.45, 2.75) is 53.1 Å². The first-order valence-corrected chi connectivity index (χ1v) is 8.27. The minimum absolute atomic E-state index is 0.227. The van der Waals surface area contributed by atoms with Crippen LogP contribution in [0.1, 0.15) is 47.0 Å². The Hall–Kier alpha value is -2.37. The molecule has 25 heavy (non-hydrogen) atoms. The molecule has 0 bridgehead atoms. The number of rotatable bonds is 9. The molecule has 0 aromatic carbocycles. The number of allylic oxidation sites excluding steroid dienone is 1. The second-order valence-electron chi connectivity index (χ2n) is 6.06. The summed E-state index contributed by atoms with van der Waals surface area (Å²) in [6.45, 7) is 7.02. The van der Waals surface area contributed by atoms with Crippen molar-refractivity contribution in [3.05, 3.63) is 34.9 Å². The van der Waals surface area contributed by atoms with Crippen molar-refractivity contribution < 1.29 is 28.6 Å². The molecule has 0 spiro atoms. The number of hydrogen-bond acceptors (Lipinski definition) is 6. The van der Waals surface area contributed by atoms with E-state index in [2.05, 4.69) is 0 Å². The van der Waals surface area contributed by atoms with E-state index in [-0.39, 0.29) is 37.2 Å². The standard InChI is InChI=1S/C19H26O6/c1-13(8-9-23-15(3)20)10-18-11-17(19(22)25-18)7-5-6-14(2)12-24-16(4)21/h6,8,11,18H,5,7,9-10,12H2,1-4H3/b13-8+,14-6+/t18-/m1/s1. The summed E-state index contributed by atoms with van der Waals surface area (Å²) in [5.41, 5.74) is 2.60. The van der Waals surface area contributed by atoms with Gasteiger partial charge in [0.1, 0.15) is 19.3 Å². The van der Waals surface area contributed by atoms with Gasteiger partial charge in [-0.3, -0.25) is 9.59 Å². The second kappa shape index (κ2) is 10.5. The largest absolute Gasteiger partial charge is 0.462 e. The Morgan fingerprint density at radius 3 is 2.40 bits per heavy atom. The zero-order valence-electron chi connectivity index (χ0n) is 15.3. The molecule has 0 N–H and O–H groups in total. The number of cyclic esters (lactones) is 1. The molecule has 6 heteroatoms. The Morgan fingerprint density at radius 1 is 1.08 bits per heavy atom. The Kier molecular flexibility index (Phi) is 8.67. The third-order valence-electron chi connectivity index (χ3n) is 3.56. The second-order valence-corrected chi connectivity index (χ2v) is 6.06. The van der Waals surface area contributed by atoms with Gasteiger partial charge in [-0.15, -0.1) is 0 Å². The molecule has 0 fully saturated rings. The van der Waals surface area contributed by atoms with Crippen LogP contribution in [0.4, 0.5) is 0 Å². The van der Waals surface area contributed by atoms with E-state index in [4.69, 9.17) is 14.2 Å². The molecule has 1 aliphatic heterocycles. The molecule has 0 aromatic heterocycles. The molecule has 1 aliphatic rings. The molecule has 0 unspecified atom stereocenters. The molecule has 0 radical (unpaired) electrons. The number of carbonyl (C=O) groups is 3. The Balaban J connectivity index is 2.44. The molecule has 6 nitrogen and oxygen atoms in total. The quantitative estimate of drug-likeness (QED) is 0.361. The summed E-state index contributed by atoms with van der Waals surface area (Å²) in [7, 11) is 0. The van der Waals surface area contributed by atoms with Gasteiger partial charge in [0.25, 0.3) is 0 Å². The molecule has 1 heterocycles. The summed E-state index contributed by atoms with van der Waals surface area (Å²) in [5, 5.41) is 0. The van der Waals surface area contributed by atoms with Gasteiger partial charge in [-0.25, -0.2) is 4.79 Å². The molecule has 0 saturated carbocycles. The lowest BCUT2D eigenvalue weighted by Gasteiger charge is -2.08. The predicted molar refractivity (Wildman–Crippen MR) is 92.6 cm³/mol. The molecule has 1 rings (SSSR count).